The normalized spacial score (nSPS) is 11.9. The number of amides is 1. The van der Waals surface area contributed by atoms with E-state index in [0.717, 1.165) is 18.2 Å². The maximum Gasteiger partial charge on any atom is 0.292 e. The van der Waals surface area contributed by atoms with Gasteiger partial charge in [-0.3, -0.25) is 14.9 Å². The summed E-state index contributed by atoms with van der Waals surface area (Å²) in [6.45, 7) is 1.68. The van der Waals surface area contributed by atoms with Crippen molar-refractivity contribution in [2.45, 2.75) is 6.92 Å². The van der Waals surface area contributed by atoms with Gasteiger partial charge in [0.2, 0.25) is 5.91 Å². The topological polar surface area (TPSA) is 98.3 Å². The number of carbonyl (C=O) groups is 1. The summed E-state index contributed by atoms with van der Waals surface area (Å²) in [5.41, 5.74) is 4.76. The number of nitrogens with zero attached hydrogens (tertiary/aromatic N) is 1. The van der Waals surface area contributed by atoms with Crippen molar-refractivity contribution < 1.29 is 14.1 Å². The van der Waals surface area contributed by atoms with Crippen LogP contribution in [0.25, 0.3) is 0 Å². The van der Waals surface area contributed by atoms with Crippen molar-refractivity contribution in [1.82, 2.24) is 0 Å². The van der Waals surface area contributed by atoms with Crippen molar-refractivity contribution in [3.8, 4) is 0 Å². The third kappa shape index (κ3) is 3.22. The molecule has 0 saturated heterocycles. The molecule has 6 nitrogen and oxygen atoms in total. The van der Waals surface area contributed by atoms with Crippen LogP contribution in [0, 0.1) is 21.8 Å². The lowest BCUT2D eigenvalue weighted by atomic mass is 10.1. The lowest BCUT2D eigenvalue weighted by molar-refractivity contribution is -0.384. The number of anilines is 1. The van der Waals surface area contributed by atoms with E-state index in [1.165, 1.54) is 0 Å². The minimum absolute atomic E-state index is 0.106. The molecule has 1 atom stereocenters. The molecule has 0 bridgehead atoms. The van der Waals surface area contributed by atoms with Crippen molar-refractivity contribution in [3.05, 3.63) is 34.1 Å². The van der Waals surface area contributed by atoms with Gasteiger partial charge in [-0.1, -0.05) is 6.92 Å². The molecule has 0 fully saturated rings. The van der Waals surface area contributed by atoms with Crippen LogP contribution in [0.15, 0.2) is 18.2 Å². The van der Waals surface area contributed by atoms with Crippen LogP contribution in [0.2, 0.25) is 0 Å². The second kappa shape index (κ2) is 5.35. The summed E-state index contributed by atoms with van der Waals surface area (Å²) in [5, 5.41) is 12.9. The highest BCUT2D eigenvalue weighted by Gasteiger charge is 2.18. The van der Waals surface area contributed by atoms with Gasteiger partial charge in [-0.05, 0) is 6.07 Å². The number of hydrogen-bond acceptors (Lipinski definition) is 4. The summed E-state index contributed by atoms with van der Waals surface area (Å²) in [6.07, 6.45) is 0. The maximum absolute atomic E-state index is 12.9. The van der Waals surface area contributed by atoms with Crippen LogP contribution >= 0.6 is 0 Å². The molecule has 3 N–H and O–H groups in total. The predicted octanol–water partition coefficient (Wildman–Crippen LogP) is 1.27. The van der Waals surface area contributed by atoms with E-state index < -0.39 is 22.6 Å². The molecule has 1 amide bonds. The number of nitrogens with one attached hydrogen (secondary N) is 1. The van der Waals surface area contributed by atoms with E-state index in [0.29, 0.717) is 0 Å². The highest BCUT2D eigenvalue weighted by atomic mass is 19.1. The van der Waals surface area contributed by atoms with E-state index in [1.54, 1.807) is 6.92 Å². The Balaban J connectivity index is 3.00. The average Bonchev–Trinajstić information content (AvgIpc) is 2.27. The van der Waals surface area contributed by atoms with E-state index in [1.807, 2.05) is 0 Å². The van der Waals surface area contributed by atoms with Crippen LogP contribution < -0.4 is 11.1 Å². The Morgan fingerprint density at radius 1 is 1.65 bits per heavy atom. The largest absolute Gasteiger partial charge is 0.330 e. The fourth-order valence-electron chi connectivity index (χ4n) is 1.13. The molecule has 1 rings (SSSR count). The third-order valence-corrected chi connectivity index (χ3v) is 2.21. The monoisotopic (exact) mass is 241 g/mol. The smallest absolute Gasteiger partial charge is 0.292 e. The Bertz CT molecular complexity index is 450. The van der Waals surface area contributed by atoms with Gasteiger partial charge in [0.05, 0.1) is 4.92 Å². The molecule has 0 radical (unpaired) electrons. The molecule has 7 heteroatoms. The maximum atomic E-state index is 12.9. The van der Waals surface area contributed by atoms with Gasteiger partial charge >= 0.3 is 0 Å². The molecule has 0 heterocycles. The van der Waals surface area contributed by atoms with E-state index in [-0.39, 0.29) is 17.9 Å². The van der Waals surface area contributed by atoms with Crippen molar-refractivity contribution >= 4 is 17.3 Å². The summed E-state index contributed by atoms with van der Waals surface area (Å²) >= 11 is 0. The molecule has 1 aromatic rings. The highest BCUT2D eigenvalue weighted by Crippen LogP contribution is 2.25. The number of halogens is 1. The minimum atomic E-state index is -0.692. The molecule has 0 saturated carbocycles. The van der Waals surface area contributed by atoms with Crippen LogP contribution in [0.4, 0.5) is 15.8 Å². The Labute approximate surface area is 96.8 Å². The molecule has 0 spiro atoms. The van der Waals surface area contributed by atoms with Gasteiger partial charge < -0.3 is 11.1 Å². The highest BCUT2D eigenvalue weighted by molar-refractivity contribution is 5.94. The molecule has 17 heavy (non-hydrogen) atoms. The Hall–Kier alpha value is -2.02. The number of nitrogens with two attached hydrogens (primary N) is 1. The summed E-state index contributed by atoms with van der Waals surface area (Å²) in [5.74, 6) is -1.65. The SMILES string of the molecule is CC(CN)C(=O)Nc1cc(F)ccc1[N+](=O)[O-]. The number of nitro benzene ring substituents is 1. The summed E-state index contributed by atoms with van der Waals surface area (Å²) in [6, 6.07) is 2.86. The van der Waals surface area contributed by atoms with E-state index in [9.17, 15) is 19.3 Å². The zero-order chi connectivity index (χ0) is 13.0. The Morgan fingerprint density at radius 3 is 2.82 bits per heavy atom. The minimum Gasteiger partial charge on any atom is -0.330 e. The van der Waals surface area contributed by atoms with Gasteiger partial charge in [-0.2, -0.15) is 0 Å². The van der Waals surface area contributed by atoms with Crippen LogP contribution in [-0.4, -0.2) is 17.4 Å². The molecular weight excluding hydrogens is 229 g/mol. The molecule has 0 aliphatic heterocycles. The number of hydrogen-bond donors (Lipinski definition) is 2. The average molecular weight is 241 g/mol. The van der Waals surface area contributed by atoms with Crippen molar-refractivity contribution in [3.63, 3.8) is 0 Å². The van der Waals surface area contributed by atoms with Gasteiger partial charge in [-0.25, -0.2) is 4.39 Å². The first kappa shape index (κ1) is 13.0. The second-order valence-electron chi connectivity index (χ2n) is 3.54. The van der Waals surface area contributed by atoms with Crippen molar-refractivity contribution in [1.29, 1.82) is 0 Å². The second-order valence-corrected chi connectivity index (χ2v) is 3.54. The Morgan fingerprint density at radius 2 is 2.29 bits per heavy atom. The van der Waals surface area contributed by atoms with Crippen LogP contribution in [-0.2, 0) is 4.79 Å². The van der Waals surface area contributed by atoms with E-state index in [2.05, 4.69) is 5.32 Å². The van der Waals surface area contributed by atoms with E-state index >= 15 is 0 Å². The number of rotatable bonds is 4. The fourth-order valence-corrected chi connectivity index (χ4v) is 1.13. The summed E-state index contributed by atoms with van der Waals surface area (Å²) < 4.78 is 12.9. The van der Waals surface area contributed by atoms with Gasteiger partial charge in [-0.15, -0.1) is 0 Å². The molecule has 1 unspecified atom stereocenters. The zero-order valence-electron chi connectivity index (χ0n) is 9.14. The first-order chi connectivity index (χ1) is 7.95. The summed E-state index contributed by atoms with van der Waals surface area (Å²) in [4.78, 5) is 21.5. The Kier molecular flexibility index (Phi) is 4.11. The van der Waals surface area contributed by atoms with Crippen LogP contribution in [0.1, 0.15) is 6.92 Å². The third-order valence-electron chi connectivity index (χ3n) is 2.21. The first-order valence-corrected chi connectivity index (χ1v) is 4.90. The van der Waals surface area contributed by atoms with Crippen LogP contribution in [0.3, 0.4) is 0 Å². The van der Waals surface area contributed by atoms with Crippen LogP contribution in [0.5, 0.6) is 0 Å². The number of carbonyl (C=O) groups excluding carboxylic acids is 1. The molecule has 0 aromatic heterocycles. The van der Waals surface area contributed by atoms with Gasteiger partial charge in [0.1, 0.15) is 11.5 Å². The standard InChI is InChI=1S/C10H12FN3O3/c1-6(5-12)10(15)13-8-4-7(11)2-3-9(8)14(16)17/h2-4,6H,5,12H2,1H3,(H,13,15). The number of benzene rings is 1. The van der Waals surface area contributed by atoms with Crippen molar-refractivity contribution in [2.24, 2.45) is 11.7 Å². The lowest BCUT2D eigenvalue weighted by Crippen LogP contribution is -2.27. The quantitative estimate of drug-likeness (QED) is 0.612. The molecule has 1 aromatic carbocycles. The fraction of sp³-hybridized carbons (Fsp3) is 0.300. The molecular formula is C10H12FN3O3. The van der Waals surface area contributed by atoms with Gasteiger partial charge in [0.25, 0.3) is 5.69 Å². The van der Waals surface area contributed by atoms with E-state index in [4.69, 9.17) is 5.73 Å². The molecule has 0 aliphatic carbocycles. The van der Waals surface area contributed by atoms with Gasteiger partial charge in [0, 0.05) is 24.6 Å². The zero-order valence-corrected chi connectivity index (χ0v) is 9.14. The van der Waals surface area contributed by atoms with Crippen molar-refractivity contribution in [2.75, 3.05) is 11.9 Å². The predicted molar refractivity (Wildman–Crippen MR) is 59.9 cm³/mol. The van der Waals surface area contributed by atoms with Gasteiger partial charge in [0.15, 0.2) is 0 Å². The molecule has 92 valence electrons. The first-order valence-electron chi connectivity index (χ1n) is 4.90. The molecule has 0 aliphatic rings. The number of nitro groups is 1. The summed E-state index contributed by atoms with van der Waals surface area (Å²) in [7, 11) is 0. The lowest BCUT2D eigenvalue weighted by Gasteiger charge is -2.10.